The first-order valence-electron chi connectivity index (χ1n) is 4.19. The zero-order valence-corrected chi connectivity index (χ0v) is 8.88. The molecular formula is C7H9ClN2O3S. The van der Waals surface area contributed by atoms with Crippen molar-refractivity contribution in [3.8, 4) is 0 Å². The van der Waals surface area contributed by atoms with Gasteiger partial charge in [0.2, 0.25) is 5.89 Å². The quantitative estimate of drug-likeness (QED) is 0.707. The molecule has 1 atom stereocenters. The van der Waals surface area contributed by atoms with Gasteiger partial charge in [0.15, 0.2) is 15.7 Å². The van der Waals surface area contributed by atoms with Gasteiger partial charge in [-0.25, -0.2) is 8.42 Å². The van der Waals surface area contributed by atoms with Crippen molar-refractivity contribution < 1.29 is 12.9 Å². The fourth-order valence-corrected chi connectivity index (χ4v) is 3.32. The maximum Gasteiger partial charge on any atom is 0.230 e. The lowest BCUT2D eigenvalue weighted by Crippen LogP contribution is -2.04. The molecule has 78 valence electrons. The van der Waals surface area contributed by atoms with Crippen LogP contribution in [0.15, 0.2) is 4.52 Å². The Labute approximate surface area is 86.4 Å². The van der Waals surface area contributed by atoms with Crippen LogP contribution in [-0.2, 0) is 15.7 Å². The monoisotopic (exact) mass is 236 g/mol. The number of halogens is 1. The van der Waals surface area contributed by atoms with Crippen LogP contribution in [-0.4, -0.2) is 30.1 Å². The number of hydrogen-bond donors (Lipinski definition) is 0. The van der Waals surface area contributed by atoms with Gasteiger partial charge in [-0.1, -0.05) is 5.16 Å². The van der Waals surface area contributed by atoms with E-state index in [1.54, 1.807) is 0 Å². The summed E-state index contributed by atoms with van der Waals surface area (Å²) >= 11 is 5.50. The first-order chi connectivity index (χ1) is 6.61. The van der Waals surface area contributed by atoms with E-state index >= 15 is 0 Å². The molecular weight excluding hydrogens is 228 g/mol. The van der Waals surface area contributed by atoms with Crippen molar-refractivity contribution in [3.63, 3.8) is 0 Å². The van der Waals surface area contributed by atoms with E-state index in [4.69, 9.17) is 16.1 Å². The fourth-order valence-electron chi connectivity index (χ4n) is 1.48. The van der Waals surface area contributed by atoms with Gasteiger partial charge in [-0.15, -0.1) is 11.6 Å². The Morgan fingerprint density at radius 1 is 1.57 bits per heavy atom. The van der Waals surface area contributed by atoms with Crippen LogP contribution in [0.1, 0.15) is 24.1 Å². The molecule has 14 heavy (non-hydrogen) atoms. The number of sulfone groups is 1. The van der Waals surface area contributed by atoms with Gasteiger partial charge < -0.3 is 4.52 Å². The Morgan fingerprint density at radius 3 is 2.86 bits per heavy atom. The highest BCUT2D eigenvalue weighted by atomic mass is 35.5. The van der Waals surface area contributed by atoms with E-state index in [-0.39, 0.29) is 23.3 Å². The third-order valence-electron chi connectivity index (χ3n) is 2.18. The molecule has 0 amide bonds. The smallest absolute Gasteiger partial charge is 0.230 e. The van der Waals surface area contributed by atoms with Gasteiger partial charge in [0.1, 0.15) is 0 Å². The molecule has 0 saturated carbocycles. The second kappa shape index (κ2) is 3.51. The topological polar surface area (TPSA) is 73.1 Å². The molecule has 1 aromatic heterocycles. The van der Waals surface area contributed by atoms with Gasteiger partial charge >= 0.3 is 0 Å². The Balaban J connectivity index is 2.17. The highest BCUT2D eigenvalue weighted by Crippen LogP contribution is 2.27. The van der Waals surface area contributed by atoms with E-state index in [1.807, 2.05) is 0 Å². The van der Waals surface area contributed by atoms with Crippen molar-refractivity contribution in [1.29, 1.82) is 0 Å². The van der Waals surface area contributed by atoms with E-state index in [0.29, 0.717) is 18.1 Å². The fraction of sp³-hybridized carbons (Fsp3) is 0.714. The molecule has 5 nitrogen and oxygen atoms in total. The minimum absolute atomic E-state index is 0.108. The van der Waals surface area contributed by atoms with Gasteiger partial charge in [-0.3, -0.25) is 0 Å². The minimum atomic E-state index is -2.90. The minimum Gasteiger partial charge on any atom is -0.339 e. The van der Waals surface area contributed by atoms with Crippen LogP contribution in [0.4, 0.5) is 0 Å². The molecule has 1 aromatic rings. The molecule has 2 rings (SSSR count). The summed E-state index contributed by atoms with van der Waals surface area (Å²) in [5.41, 5.74) is 0. The van der Waals surface area contributed by atoms with Gasteiger partial charge in [0.25, 0.3) is 0 Å². The summed E-state index contributed by atoms with van der Waals surface area (Å²) in [4.78, 5) is 4.00. The molecule has 7 heteroatoms. The van der Waals surface area contributed by atoms with Crippen molar-refractivity contribution >= 4 is 21.4 Å². The summed E-state index contributed by atoms with van der Waals surface area (Å²) in [6.07, 6.45) is 0.562. The van der Waals surface area contributed by atoms with Crippen LogP contribution < -0.4 is 0 Å². The summed E-state index contributed by atoms with van der Waals surface area (Å²) in [5.74, 6) is 1.15. The largest absolute Gasteiger partial charge is 0.339 e. The van der Waals surface area contributed by atoms with E-state index in [2.05, 4.69) is 10.1 Å². The lowest BCUT2D eigenvalue weighted by molar-refractivity contribution is 0.357. The average molecular weight is 237 g/mol. The molecule has 1 unspecified atom stereocenters. The molecule has 1 aliphatic heterocycles. The van der Waals surface area contributed by atoms with E-state index in [9.17, 15) is 8.42 Å². The molecule has 1 fully saturated rings. The average Bonchev–Trinajstić information content (AvgIpc) is 2.70. The predicted octanol–water partition coefficient (Wildman–Crippen LogP) is 0.711. The number of hydrogen-bond acceptors (Lipinski definition) is 5. The summed E-state index contributed by atoms with van der Waals surface area (Å²) < 4.78 is 27.3. The maximum atomic E-state index is 11.2. The predicted molar refractivity (Wildman–Crippen MR) is 49.9 cm³/mol. The molecule has 0 spiro atoms. The SMILES string of the molecule is O=S1(=O)CCC(c2nc(CCl)no2)C1. The summed E-state index contributed by atoms with van der Waals surface area (Å²) in [7, 11) is -2.90. The molecule has 1 saturated heterocycles. The highest BCUT2D eigenvalue weighted by molar-refractivity contribution is 7.91. The van der Waals surface area contributed by atoms with Crippen LogP contribution in [0.25, 0.3) is 0 Å². The molecule has 2 heterocycles. The Morgan fingerprint density at radius 2 is 2.36 bits per heavy atom. The first-order valence-corrected chi connectivity index (χ1v) is 6.55. The van der Waals surface area contributed by atoms with E-state index < -0.39 is 9.84 Å². The van der Waals surface area contributed by atoms with Crippen molar-refractivity contribution in [2.45, 2.75) is 18.2 Å². The van der Waals surface area contributed by atoms with Gasteiger partial charge in [-0.2, -0.15) is 4.98 Å². The molecule has 0 aliphatic carbocycles. The molecule has 0 aromatic carbocycles. The molecule has 0 radical (unpaired) electrons. The van der Waals surface area contributed by atoms with E-state index in [1.165, 1.54) is 0 Å². The second-order valence-corrected chi connectivity index (χ2v) is 5.78. The van der Waals surface area contributed by atoms with Gasteiger partial charge in [-0.05, 0) is 6.42 Å². The standard InChI is InChI=1S/C7H9ClN2O3S/c8-3-6-9-7(13-10-6)5-1-2-14(11,12)4-5/h5H,1-4H2. The molecule has 0 N–H and O–H groups in total. The van der Waals surface area contributed by atoms with Crippen LogP contribution >= 0.6 is 11.6 Å². The summed E-state index contributed by atoms with van der Waals surface area (Å²) in [6.45, 7) is 0. The van der Waals surface area contributed by atoms with Crippen molar-refractivity contribution in [2.75, 3.05) is 11.5 Å². The van der Waals surface area contributed by atoms with Crippen molar-refractivity contribution in [1.82, 2.24) is 10.1 Å². The number of aromatic nitrogens is 2. The summed E-state index contributed by atoms with van der Waals surface area (Å²) in [5, 5.41) is 3.61. The van der Waals surface area contributed by atoms with Crippen LogP contribution in [0.5, 0.6) is 0 Å². The second-order valence-electron chi connectivity index (χ2n) is 3.28. The maximum absolute atomic E-state index is 11.2. The lowest BCUT2D eigenvalue weighted by atomic mass is 10.1. The van der Waals surface area contributed by atoms with E-state index in [0.717, 1.165) is 0 Å². The zero-order valence-electron chi connectivity index (χ0n) is 7.31. The third kappa shape index (κ3) is 1.90. The normalized spacial score (nSPS) is 25.4. The summed E-state index contributed by atoms with van der Waals surface area (Å²) in [6, 6.07) is 0. The third-order valence-corrected chi connectivity index (χ3v) is 4.19. The number of alkyl halides is 1. The van der Waals surface area contributed by atoms with Crippen molar-refractivity contribution in [2.24, 2.45) is 0 Å². The number of nitrogens with zero attached hydrogens (tertiary/aromatic N) is 2. The molecule has 1 aliphatic rings. The number of rotatable bonds is 2. The zero-order chi connectivity index (χ0) is 10.2. The lowest BCUT2D eigenvalue weighted by Gasteiger charge is -1.97. The van der Waals surface area contributed by atoms with Crippen LogP contribution in [0, 0.1) is 0 Å². The van der Waals surface area contributed by atoms with Gasteiger partial charge in [0.05, 0.1) is 23.3 Å². The van der Waals surface area contributed by atoms with Crippen LogP contribution in [0.3, 0.4) is 0 Å². The first kappa shape index (κ1) is 9.92. The molecule has 0 bridgehead atoms. The van der Waals surface area contributed by atoms with Crippen molar-refractivity contribution in [3.05, 3.63) is 11.7 Å². The Bertz CT molecular complexity index is 428. The highest BCUT2D eigenvalue weighted by Gasteiger charge is 2.32. The van der Waals surface area contributed by atoms with Crippen LogP contribution in [0.2, 0.25) is 0 Å². The van der Waals surface area contributed by atoms with Gasteiger partial charge in [0, 0.05) is 0 Å². The Hall–Kier alpha value is -0.620. The Kier molecular flexibility index (Phi) is 2.48.